The number of hydrogen-bond acceptors (Lipinski definition) is 7. The summed E-state index contributed by atoms with van der Waals surface area (Å²) >= 11 is 0. The molecule has 0 aromatic rings. The van der Waals surface area contributed by atoms with E-state index in [4.69, 9.17) is 18.9 Å². The highest BCUT2D eigenvalue weighted by molar-refractivity contribution is 5.71. The molecule has 0 fully saturated rings. The fourth-order valence-corrected chi connectivity index (χ4v) is 9.28. The van der Waals surface area contributed by atoms with Crippen LogP contribution in [-0.4, -0.2) is 87.4 Å². The van der Waals surface area contributed by atoms with E-state index in [1.54, 1.807) is 0 Å². The molecule has 0 rings (SSSR count). The first-order valence-electron chi connectivity index (χ1n) is 34.2. The van der Waals surface area contributed by atoms with Crippen molar-refractivity contribution < 1.29 is 42.9 Å². The van der Waals surface area contributed by atoms with Gasteiger partial charge in [-0.15, -0.1) is 0 Å². The minimum atomic E-state index is -1.52. The molecule has 9 nitrogen and oxygen atoms in total. The summed E-state index contributed by atoms with van der Waals surface area (Å²) in [5.41, 5.74) is 0. The number of carbonyl (C=O) groups excluding carboxylic acids is 2. The average Bonchev–Trinajstić information content (AvgIpc) is 3.52. The standard InChI is InChI=1S/C75H127NO8/c1-6-8-10-12-14-16-18-20-22-24-26-28-29-30-31-32-33-34-35-36-37-38-39-40-41-42-43-44-45-46-48-50-52-54-56-58-60-62-64-66-73(78)84-71(70-83-75(74(79)80)81-68-67-76(3,4)5)69-82-72(77)65-63-61-59-57-55-53-51-49-47-27-25-23-21-19-17-15-13-11-9-7-2/h8,10,14,16,20,22,26,28,30-31,33-34,36-37,39-40,42-43,45-46,71,75H,6-7,9,11-13,15,17-19,21,23-25,27,29,32,35,38,41,44,47-70H2,1-5H3/p+1/b10-8-,16-14-,22-20-,28-26-,31-30-,34-33-,37-36-,40-39-,43-42-,46-45-. The Morgan fingerprint density at radius 3 is 1.01 bits per heavy atom. The summed E-state index contributed by atoms with van der Waals surface area (Å²) < 4.78 is 22.9. The molecule has 0 saturated heterocycles. The fraction of sp³-hybridized carbons (Fsp3) is 0.693. The molecule has 1 N–H and O–H groups in total. The van der Waals surface area contributed by atoms with Crippen molar-refractivity contribution in [1.29, 1.82) is 0 Å². The Hall–Kier alpha value is -4.31. The second-order valence-corrected chi connectivity index (χ2v) is 23.8. The van der Waals surface area contributed by atoms with Crippen molar-refractivity contribution in [1.82, 2.24) is 0 Å². The maximum Gasteiger partial charge on any atom is 0.361 e. The summed E-state index contributed by atoms with van der Waals surface area (Å²) in [6.45, 7) is 4.77. The van der Waals surface area contributed by atoms with Gasteiger partial charge in [-0.05, 0) is 89.9 Å². The van der Waals surface area contributed by atoms with Gasteiger partial charge in [-0.1, -0.05) is 296 Å². The van der Waals surface area contributed by atoms with Crippen molar-refractivity contribution in [2.24, 2.45) is 0 Å². The Labute approximate surface area is 517 Å². The number of nitrogens with zero attached hydrogens (tertiary/aromatic N) is 1. The fourth-order valence-electron chi connectivity index (χ4n) is 9.28. The first-order valence-corrected chi connectivity index (χ1v) is 34.2. The molecule has 0 aliphatic heterocycles. The quantitative estimate of drug-likeness (QED) is 0.0211. The van der Waals surface area contributed by atoms with E-state index in [0.717, 1.165) is 109 Å². The molecule has 84 heavy (non-hydrogen) atoms. The molecule has 0 spiro atoms. The first kappa shape index (κ1) is 79.7. The summed E-state index contributed by atoms with van der Waals surface area (Å²) in [4.78, 5) is 37.6. The Morgan fingerprint density at radius 2 is 0.679 bits per heavy atom. The Kier molecular flexibility index (Phi) is 61.4. The molecule has 0 aliphatic carbocycles. The number of aliphatic carboxylic acids is 1. The van der Waals surface area contributed by atoms with Gasteiger partial charge in [-0.3, -0.25) is 9.59 Å². The zero-order chi connectivity index (χ0) is 61.2. The van der Waals surface area contributed by atoms with Crippen LogP contribution in [-0.2, 0) is 33.3 Å². The molecule has 0 radical (unpaired) electrons. The SMILES string of the molecule is CC/C=C\C/C=C\C/C=C\C/C=C\C/C=C\C/C=C\C/C=C\C/C=C\C/C=C\C/C=C\CCCCCCCCCCC(=O)OC(COC(=O)CCCCCCCCCCCCCCCCCCCCCC)COC(OCC[N+](C)(C)C)C(=O)O. The third-order valence-electron chi connectivity index (χ3n) is 14.5. The van der Waals surface area contributed by atoms with Crippen molar-refractivity contribution in [3.8, 4) is 0 Å². The highest BCUT2D eigenvalue weighted by atomic mass is 16.7. The van der Waals surface area contributed by atoms with Gasteiger partial charge in [-0.25, -0.2) is 4.79 Å². The van der Waals surface area contributed by atoms with Gasteiger partial charge in [0, 0.05) is 12.8 Å². The molecular weight excluding hydrogens is 1040 g/mol. The van der Waals surface area contributed by atoms with E-state index < -0.39 is 24.3 Å². The average molecular weight is 1170 g/mol. The summed E-state index contributed by atoms with van der Waals surface area (Å²) in [6.07, 6.45) is 88.7. The smallest absolute Gasteiger partial charge is 0.361 e. The van der Waals surface area contributed by atoms with Crippen LogP contribution in [0.1, 0.15) is 277 Å². The Bertz CT molecular complexity index is 1790. The van der Waals surface area contributed by atoms with Crippen LogP contribution in [0.25, 0.3) is 0 Å². The molecule has 9 heteroatoms. The lowest BCUT2D eigenvalue weighted by atomic mass is 10.0. The van der Waals surface area contributed by atoms with Crippen LogP contribution >= 0.6 is 0 Å². The molecule has 0 bridgehead atoms. The summed E-state index contributed by atoms with van der Waals surface area (Å²) in [7, 11) is 5.97. The molecule has 0 aromatic heterocycles. The Morgan fingerprint density at radius 1 is 0.369 bits per heavy atom. The lowest BCUT2D eigenvalue weighted by Gasteiger charge is -2.25. The maximum atomic E-state index is 12.9. The van der Waals surface area contributed by atoms with E-state index in [2.05, 4.69) is 135 Å². The first-order chi connectivity index (χ1) is 41.1. The zero-order valence-corrected chi connectivity index (χ0v) is 54.8. The van der Waals surface area contributed by atoms with Crippen molar-refractivity contribution >= 4 is 17.9 Å². The molecule has 0 amide bonds. The van der Waals surface area contributed by atoms with Gasteiger partial charge >= 0.3 is 17.9 Å². The number of esters is 2. The number of rotatable bonds is 62. The molecule has 2 atom stereocenters. The zero-order valence-electron chi connectivity index (χ0n) is 54.8. The van der Waals surface area contributed by atoms with E-state index in [9.17, 15) is 19.5 Å². The van der Waals surface area contributed by atoms with Gasteiger partial charge in [0.15, 0.2) is 6.10 Å². The molecule has 0 aromatic carbocycles. The van der Waals surface area contributed by atoms with Crippen LogP contribution in [0.15, 0.2) is 122 Å². The summed E-state index contributed by atoms with van der Waals surface area (Å²) in [5, 5.41) is 9.73. The minimum absolute atomic E-state index is 0.182. The van der Waals surface area contributed by atoms with Crippen molar-refractivity contribution in [2.45, 2.75) is 289 Å². The van der Waals surface area contributed by atoms with Crippen LogP contribution in [0.4, 0.5) is 0 Å². The maximum absolute atomic E-state index is 12.9. The highest BCUT2D eigenvalue weighted by Gasteiger charge is 2.25. The van der Waals surface area contributed by atoms with Gasteiger partial charge in [0.05, 0.1) is 34.4 Å². The topological polar surface area (TPSA) is 108 Å². The normalized spacial score (nSPS) is 13.5. The number of quaternary nitrogens is 1. The van der Waals surface area contributed by atoms with Crippen molar-refractivity contribution in [2.75, 3.05) is 47.5 Å². The number of carboxylic acid groups (broad SMARTS) is 1. The van der Waals surface area contributed by atoms with E-state index in [1.807, 2.05) is 21.1 Å². The number of carbonyl (C=O) groups is 3. The molecule has 480 valence electrons. The van der Waals surface area contributed by atoms with Crippen LogP contribution in [0.5, 0.6) is 0 Å². The van der Waals surface area contributed by atoms with Crippen LogP contribution in [0.2, 0.25) is 0 Å². The van der Waals surface area contributed by atoms with Gasteiger partial charge in [0.1, 0.15) is 13.2 Å². The number of likely N-dealkylation sites (N-methyl/N-ethyl adjacent to an activating group) is 1. The lowest BCUT2D eigenvalue weighted by Crippen LogP contribution is -2.40. The van der Waals surface area contributed by atoms with Crippen LogP contribution in [0, 0.1) is 0 Å². The third-order valence-corrected chi connectivity index (χ3v) is 14.5. The summed E-state index contributed by atoms with van der Waals surface area (Å²) in [6, 6.07) is 0. The molecular formula is C75H128NO8+. The number of unbranched alkanes of at least 4 members (excludes halogenated alkanes) is 27. The Balaban J connectivity index is 4.17. The van der Waals surface area contributed by atoms with Crippen molar-refractivity contribution in [3.05, 3.63) is 122 Å². The number of ether oxygens (including phenoxy) is 4. The predicted octanol–water partition coefficient (Wildman–Crippen LogP) is 21.2. The van der Waals surface area contributed by atoms with E-state index >= 15 is 0 Å². The van der Waals surface area contributed by atoms with Crippen LogP contribution < -0.4 is 0 Å². The van der Waals surface area contributed by atoms with Crippen molar-refractivity contribution in [3.63, 3.8) is 0 Å². The second-order valence-electron chi connectivity index (χ2n) is 23.8. The van der Waals surface area contributed by atoms with Crippen LogP contribution in [0.3, 0.4) is 0 Å². The molecule has 2 unspecified atom stereocenters. The molecule has 0 saturated carbocycles. The number of hydrogen-bond donors (Lipinski definition) is 1. The minimum Gasteiger partial charge on any atom is -0.477 e. The number of allylic oxidation sites excluding steroid dienone is 20. The lowest BCUT2D eigenvalue weighted by molar-refractivity contribution is -0.870. The van der Waals surface area contributed by atoms with E-state index in [-0.39, 0.29) is 32.2 Å². The summed E-state index contributed by atoms with van der Waals surface area (Å²) in [5.74, 6) is -2.01. The predicted molar refractivity (Wildman–Crippen MR) is 359 cm³/mol. The van der Waals surface area contributed by atoms with Gasteiger partial charge in [0.2, 0.25) is 0 Å². The van der Waals surface area contributed by atoms with E-state index in [0.29, 0.717) is 23.9 Å². The second kappa shape index (κ2) is 64.7. The van der Waals surface area contributed by atoms with E-state index in [1.165, 1.54) is 135 Å². The van der Waals surface area contributed by atoms with Gasteiger partial charge in [-0.2, -0.15) is 0 Å². The highest BCUT2D eigenvalue weighted by Crippen LogP contribution is 2.17. The monoisotopic (exact) mass is 1170 g/mol. The largest absolute Gasteiger partial charge is 0.477 e. The molecule has 0 aliphatic rings. The molecule has 0 heterocycles. The van der Waals surface area contributed by atoms with Gasteiger partial charge in [0.25, 0.3) is 6.29 Å². The number of carboxylic acids is 1. The third kappa shape index (κ3) is 65.2. The van der Waals surface area contributed by atoms with Gasteiger partial charge < -0.3 is 28.5 Å².